The highest BCUT2D eigenvalue weighted by atomic mass is 79.9. The van der Waals surface area contributed by atoms with Crippen molar-refractivity contribution in [1.29, 1.82) is 0 Å². The van der Waals surface area contributed by atoms with Crippen LogP contribution in [0.3, 0.4) is 0 Å². The highest BCUT2D eigenvalue weighted by Crippen LogP contribution is 2.29. The second kappa shape index (κ2) is 6.70. The molecule has 114 valence electrons. The number of rotatable bonds is 1. The van der Waals surface area contributed by atoms with Crippen molar-refractivity contribution in [2.75, 3.05) is 0 Å². The molecule has 1 aromatic heterocycles. The second-order valence-corrected chi connectivity index (χ2v) is 7.81. The smallest absolute Gasteiger partial charge is 0.116 e. The summed E-state index contributed by atoms with van der Waals surface area (Å²) < 4.78 is 2.93. The number of hydrogen-bond acceptors (Lipinski definition) is 0. The Bertz CT molecular complexity index is 1170. The molecule has 0 aliphatic carbocycles. The molecule has 12 radical (unpaired) electrons. The van der Waals surface area contributed by atoms with Gasteiger partial charge in [-0.05, 0) is 12.1 Å². The monoisotopic (exact) mass is 459 g/mol. The van der Waals surface area contributed by atoms with Crippen LogP contribution in [0.15, 0.2) is 39.3 Å². The fourth-order valence-corrected chi connectivity index (χ4v) is 4.27. The van der Waals surface area contributed by atoms with Crippen LogP contribution in [0.1, 0.15) is 0 Å². The van der Waals surface area contributed by atoms with E-state index >= 15 is 0 Å². The van der Waals surface area contributed by atoms with Gasteiger partial charge >= 0.3 is 0 Å². The number of para-hydroxylation sites is 1. The van der Waals surface area contributed by atoms with Gasteiger partial charge in [0.15, 0.2) is 0 Å². The van der Waals surface area contributed by atoms with Crippen molar-refractivity contribution in [3.05, 3.63) is 39.3 Å². The molecule has 0 N–H and O–H groups in total. The van der Waals surface area contributed by atoms with Crippen LogP contribution in [-0.2, 0) is 0 Å². The lowest BCUT2D eigenvalue weighted by Crippen LogP contribution is -2.34. The minimum atomic E-state index is 0.351. The van der Waals surface area contributed by atoms with Crippen LogP contribution in [0.25, 0.3) is 27.5 Å². The van der Waals surface area contributed by atoms with Crippen molar-refractivity contribution in [3.63, 3.8) is 0 Å². The van der Waals surface area contributed by atoms with Crippen molar-refractivity contribution in [1.82, 2.24) is 4.57 Å². The summed E-state index contributed by atoms with van der Waals surface area (Å²) in [6, 6.07) is 9.61. The number of hydrogen-bond donors (Lipinski definition) is 0. The lowest BCUT2D eigenvalue weighted by Gasteiger charge is -2.16. The number of nitrogens with zero attached hydrogens (tertiary/aromatic N) is 1. The summed E-state index contributed by atoms with van der Waals surface area (Å²) in [7, 11) is 38.0. The molecule has 1 heterocycles. The van der Waals surface area contributed by atoms with Crippen LogP contribution in [0.4, 0.5) is 0 Å². The van der Waals surface area contributed by atoms with E-state index in [-0.39, 0.29) is 0 Å². The van der Waals surface area contributed by atoms with E-state index in [4.69, 9.17) is 47.1 Å². The summed E-state index contributed by atoms with van der Waals surface area (Å²) in [6.45, 7) is 0. The zero-order valence-corrected chi connectivity index (χ0v) is 17.2. The molecule has 4 aromatic rings. The first-order valence-electron chi connectivity index (χ1n) is 7.94. The largest absolute Gasteiger partial charge is 0.311 e. The van der Waals surface area contributed by atoms with Gasteiger partial charge in [0, 0.05) is 36.4 Å². The summed E-state index contributed by atoms with van der Waals surface area (Å²) in [4.78, 5) is 0. The van der Waals surface area contributed by atoms with E-state index in [2.05, 4.69) is 31.9 Å². The SMILES string of the molecule is [B]c1c(Br)c([B])c2c3c([B])c(Br)c([B])c([B])c3n(-c3ccccc3)c2c1[B]. The summed E-state index contributed by atoms with van der Waals surface area (Å²) in [5, 5.41) is 1.33. The molecule has 0 aliphatic heterocycles. The Hall–Kier alpha value is -1.19. The van der Waals surface area contributed by atoms with E-state index in [9.17, 15) is 0 Å². The Morgan fingerprint density at radius 2 is 0.963 bits per heavy atom. The maximum absolute atomic E-state index is 6.41. The number of fused-ring (bicyclic) bond motifs is 3. The molecule has 0 amide bonds. The molecule has 4 rings (SSSR count). The number of aromatic nitrogens is 1. The Kier molecular flexibility index (Phi) is 4.75. The van der Waals surface area contributed by atoms with Crippen molar-refractivity contribution in [3.8, 4) is 5.69 Å². The van der Waals surface area contributed by atoms with Gasteiger partial charge in [-0.3, -0.25) is 0 Å². The van der Waals surface area contributed by atoms with Gasteiger partial charge in [-0.1, -0.05) is 82.8 Å². The molecule has 9 heteroatoms. The van der Waals surface area contributed by atoms with E-state index in [0.717, 1.165) is 5.69 Å². The molecule has 0 unspecified atom stereocenters. The molecular formula is C18H5B6Br2N. The van der Waals surface area contributed by atoms with E-state index in [1.165, 1.54) is 0 Å². The normalized spacial score (nSPS) is 11.5. The molecule has 0 fully saturated rings. The molecule has 3 aromatic carbocycles. The van der Waals surface area contributed by atoms with Crippen LogP contribution in [0.2, 0.25) is 0 Å². The Labute approximate surface area is 182 Å². The predicted molar refractivity (Wildman–Crippen MR) is 129 cm³/mol. The summed E-state index contributed by atoms with van der Waals surface area (Å²) in [6.07, 6.45) is 0. The Morgan fingerprint density at radius 3 is 1.37 bits per heavy atom. The first-order chi connectivity index (χ1) is 12.8. The first kappa shape index (κ1) is 19.1. The Balaban J connectivity index is 2.45. The van der Waals surface area contributed by atoms with Gasteiger partial charge in [0.25, 0.3) is 0 Å². The molecular weight excluding hydrogens is 455 g/mol. The van der Waals surface area contributed by atoms with Crippen molar-refractivity contribution in [2.24, 2.45) is 0 Å². The fraction of sp³-hybridized carbons (Fsp3) is 0. The molecule has 0 atom stereocenters. The molecule has 1 nitrogen and oxygen atoms in total. The third kappa shape index (κ3) is 2.57. The van der Waals surface area contributed by atoms with Crippen molar-refractivity contribution < 1.29 is 0 Å². The highest BCUT2D eigenvalue weighted by molar-refractivity contribution is 9.11. The van der Waals surface area contributed by atoms with Gasteiger partial charge in [0.1, 0.15) is 47.1 Å². The highest BCUT2D eigenvalue weighted by Gasteiger charge is 2.23. The van der Waals surface area contributed by atoms with Gasteiger partial charge in [-0.15, -0.1) is 0 Å². The van der Waals surface area contributed by atoms with Crippen LogP contribution in [0, 0.1) is 0 Å². The quantitative estimate of drug-likeness (QED) is 0.324. The second-order valence-electron chi connectivity index (χ2n) is 6.23. The van der Waals surface area contributed by atoms with E-state index in [0.29, 0.717) is 63.5 Å². The maximum atomic E-state index is 6.41. The van der Waals surface area contributed by atoms with E-state index in [1.54, 1.807) is 0 Å². The molecule has 0 saturated heterocycles. The summed E-state index contributed by atoms with van der Waals surface area (Å²) >= 11 is 6.86. The number of halogens is 2. The van der Waals surface area contributed by atoms with Gasteiger partial charge < -0.3 is 4.57 Å². The van der Waals surface area contributed by atoms with E-state index in [1.807, 2.05) is 34.9 Å². The molecule has 0 saturated carbocycles. The zero-order chi connectivity index (χ0) is 19.6. The molecule has 0 spiro atoms. The van der Waals surface area contributed by atoms with Gasteiger partial charge in [-0.2, -0.15) is 0 Å². The van der Waals surface area contributed by atoms with Crippen LogP contribution < -0.4 is 32.8 Å². The minimum Gasteiger partial charge on any atom is -0.311 e. The van der Waals surface area contributed by atoms with E-state index < -0.39 is 0 Å². The summed E-state index contributed by atoms with van der Waals surface area (Å²) in [5.74, 6) is 0. The van der Waals surface area contributed by atoms with Crippen LogP contribution in [0.5, 0.6) is 0 Å². The summed E-state index contributed by atoms with van der Waals surface area (Å²) in [5.41, 5.74) is 4.40. The average Bonchev–Trinajstić information content (AvgIpc) is 3.04. The maximum Gasteiger partial charge on any atom is 0.116 e. The third-order valence-corrected chi connectivity index (χ3v) is 6.47. The zero-order valence-electron chi connectivity index (χ0n) is 14.1. The molecule has 0 aliphatic rings. The fourth-order valence-electron chi connectivity index (χ4n) is 3.44. The lowest BCUT2D eigenvalue weighted by molar-refractivity contribution is 1.19. The number of benzene rings is 3. The van der Waals surface area contributed by atoms with Gasteiger partial charge in [0.2, 0.25) is 0 Å². The van der Waals surface area contributed by atoms with Crippen molar-refractivity contribution in [2.45, 2.75) is 0 Å². The first-order valence-corrected chi connectivity index (χ1v) is 9.53. The third-order valence-electron chi connectivity index (χ3n) is 4.76. The lowest BCUT2D eigenvalue weighted by atomic mass is 9.72. The van der Waals surface area contributed by atoms with Gasteiger partial charge in [-0.25, -0.2) is 0 Å². The van der Waals surface area contributed by atoms with Gasteiger partial charge in [0.05, 0.1) is 0 Å². The Morgan fingerprint density at radius 1 is 0.556 bits per heavy atom. The predicted octanol–water partition coefficient (Wildman–Crippen LogP) is -0.929. The van der Waals surface area contributed by atoms with Crippen molar-refractivity contribution >= 4 is 134 Å². The molecule has 27 heavy (non-hydrogen) atoms. The molecule has 0 bridgehead atoms. The van der Waals surface area contributed by atoms with Crippen LogP contribution in [-0.4, -0.2) is 51.6 Å². The minimum absolute atomic E-state index is 0.351. The average molecular weight is 460 g/mol. The van der Waals surface area contributed by atoms with Crippen LogP contribution >= 0.6 is 31.9 Å². The standard InChI is InChI=1S/C18H5B6Br2N/c19-9-7-8-10(20)16(26)12(22)14(24)18(8)27(6-4-2-1-3-5-6)17(7)13(23)11(21)15(9)25/h1-5H. The topological polar surface area (TPSA) is 4.93 Å².